The van der Waals surface area contributed by atoms with Crippen LogP contribution in [0.2, 0.25) is 0 Å². The highest BCUT2D eigenvalue weighted by molar-refractivity contribution is 5.85. The van der Waals surface area contributed by atoms with E-state index in [4.69, 9.17) is 0 Å². The van der Waals surface area contributed by atoms with Crippen LogP contribution in [0.25, 0.3) is 10.9 Å². The largest absolute Gasteiger partial charge is 0.358 e. The normalized spacial score (nSPS) is 37.5. The molecule has 2 heteroatoms. The van der Waals surface area contributed by atoms with Gasteiger partial charge in [0.05, 0.1) is 0 Å². The van der Waals surface area contributed by atoms with Gasteiger partial charge in [0.15, 0.2) is 0 Å². The Hall–Kier alpha value is -1.28. The minimum absolute atomic E-state index is 0.757. The number of hydrogen-bond acceptors (Lipinski definition) is 1. The van der Waals surface area contributed by atoms with Gasteiger partial charge < -0.3 is 4.98 Å². The van der Waals surface area contributed by atoms with Crippen molar-refractivity contribution in [1.29, 1.82) is 0 Å². The lowest BCUT2D eigenvalue weighted by Gasteiger charge is -2.53. The molecule has 1 N–H and O–H groups in total. The van der Waals surface area contributed by atoms with Crippen LogP contribution in [-0.2, 0) is 6.42 Å². The van der Waals surface area contributed by atoms with E-state index in [2.05, 4.69) is 41.1 Å². The molecule has 4 unspecified atom stereocenters. The fourth-order valence-corrected chi connectivity index (χ4v) is 5.65. The molecule has 2 saturated heterocycles. The molecule has 1 saturated carbocycles. The Balaban J connectivity index is 1.69. The zero-order valence-electron chi connectivity index (χ0n) is 12.8. The molecule has 3 aliphatic heterocycles. The molecule has 1 aliphatic carbocycles. The highest BCUT2D eigenvalue weighted by Gasteiger charge is 2.48. The molecule has 6 rings (SSSR count). The number of hydrogen-bond donors (Lipinski definition) is 1. The minimum Gasteiger partial charge on any atom is -0.358 e. The number of benzene rings is 1. The molecular formula is C19H24N2. The van der Waals surface area contributed by atoms with Crippen LogP contribution in [0, 0.1) is 11.8 Å². The van der Waals surface area contributed by atoms with Gasteiger partial charge >= 0.3 is 0 Å². The number of fused-ring (bicyclic) bond motifs is 4. The first-order valence-corrected chi connectivity index (χ1v) is 8.68. The van der Waals surface area contributed by atoms with Crippen molar-refractivity contribution >= 4 is 10.9 Å². The second-order valence-electron chi connectivity index (χ2n) is 7.41. The molecule has 1 aromatic carbocycles. The molecule has 2 aromatic rings. The van der Waals surface area contributed by atoms with Crippen LogP contribution < -0.4 is 0 Å². The maximum absolute atomic E-state index is 3.81. The van der Waals surface area contributed by atoms with E-state index in [0.29, 0.717) is 0 Å². The van der Waals surface area contributed by atoms with Gasteiger partial charge in [0, 0.05) is 41.6 Å². The lowest BCUT2D eigenvalue weighted by Crippen LogP contribution is -2.56. The molecule has 4 aliphatic rings. The van der Waals surface area contributed by atoms with Gasteiger partial charge in [-0.2, -0.15) is 0 Å². The molecule has 2 nitrogen and oxygen atoms in total. The fraction of sp³-hybridized carbons (Fsp3) is 0.579. The van der Waals surface area contributed by atoms with Gasteiger partial charge in [-0.1, -0.05) is 31.5 Å². The van der Waals surface area contributed by atoms with Gasteiger partial charge in [-0.05, 0) is 42.7 Å². The van der Waals surface area contributed by atoms with E-state index in [-0.39, 0.29) is 0 Å². The smallest absolute Gasteiger partial charge is 0.0459 e. The van der Waals surface area contributed by atoms with Crippen molar-refractivity contribution in [2.75, 3.05) is 13.1 Å². The summed E-state index contributed by atoms with van der Waals surface area (Å²) in [6.07, 6.45) is 5.47. The molecule has 0 spiro atoms. The summed E-state index contributed by atoms with van der Waals surface area (Å²) in [6.45, 7) is 5.02. The molecule has 21 heavy (non-hydrogen) atoms. The van der Waals surface area contributed by atoms with Gasteiger partial charge in [0.2, 0.25) is 0 Å². The Morgan fingerprint density at radius 3 is 3.05 bits per heavy atom. The molecule has 3 fully saturated rings. The molecule has 4 bridgehead atoms. The van der Waals surface area contributed by atoms with E-state index >= 15 is 0 Å². The third-order valence-electron chi connectivity index (χ3n) is 6.42. The number of H-pyrrole nitrogens is 1. The van der Waals surface area contributed by atoms with Crippen LogP contribution in [0.3, 0.4) is 0 Å². The first-order valence-electron chi connectivity index (χ1n) is 8.68. The summed E-state index contributed by atoms with van der Waals surface area (Å²) in [5.41, 5.74) is 4.57. The Kier molecular flexibility index (Phi) is 2.55. The first kappa shape index (κ1) is 12.3. The molecule has 5 atom stereocenters. The summed E-state index contributed by atoms with van der Waals surface area (Å²) in [7, 11) is 0. The number of rotatable bonds is 1. The third kappa shape index (κ3) is 1.63. The van der Waals surface area contributed by atoms with E-state index in [9.17, 15) is 0 Å². The number of nitrogens with zero attached hydrogens (tertiary/aromatic N) is 1. The van der Waals surface area contributed by atoms with E-state index in [1.807, 2.05) is 0 Å². The van der Waals surface area contributed by atoms with Crippen molar-refractivity contribution in [2.45, 2.75) is 44.6 Å². The number of aromatic nitrogens is 1. The number of para-hydroxylation sites is 1. The van der Waals surface area contributed by atoms with Crippen molar-refractivity contribution in [1.82, 2.24) is 9.88 Å². The zero-order chi connectivity index (χ0) is 14.0. The number of piperidine rings is 2. The standard InChI is InChI=1S/C19H24N2/c1-2-13-9-12-10-16-18-15(7-8-21(11-12)19(13)16)14-5-3-4-6-17(14)20-18/h3-6,12-13,16,19-20H,2,7-11H2,1H3/t12-,13?,16?,19?/m0/s1. The SMILES string of the molecule is CCC1C[C@H]2CC3c4[nH]c5ccccc5c4CCN(C2)C13. The van der Waals surface area contributed by atoms with E-state index < -0.39 is 0 Å². The Bertz CT molecular complexity index is 686. The zero-order valence-corrected chi connectivity index (χ0v) is 12.8. The predicted molar refractivity (Wildman–Crippen MR) is 86.6 cm³/mol. The summed E-state index contributed by atoms with van der Waals surface area (Å²) < 4.78 is 0. The van der Waals surface area contributed by atoms with Gasteiger partial charge in [0.25, 0.3) is 0 Å². The molecule has 110 valence electrons. The van der Waals surface area contributed by atoms with Crippen LogP contribution >= 0.6 is 0 Å². The summed E-state index contributed by atoms with van der Waals surface area (Å²) in [6, 6.07) is 9.71. The highest BCUT2D eigenvalue weighted by Crippen LogP contribution is 2.50. The maximum atomic E-state index is 3.81. The number of nitrogens with one attached hydrogen (secondary N) is 1. The molecule has 0 amide bonds. The van der Waals surface area contributed by atoms with Gasteiger partial charge in [-0.25, -0.2) is 0 Å². The van der Waals surface area contributed by atoms with Crippen molar-refractivity contribution in [3.8, 4) is 0 Å². The molecule has 0 radical (unpaired) electrons. The van der Waals surface area contributed by atoms with E-state index in [0.717, 1.165) is 23.8 Å². The lowest BCUT2D eigenvalue weighted by molar-refractivity contribution is -0.0134. The lowest BCUT2D eigenvalue weighted by atomic mass is 9.65. The summed E-state index contributed by atoms with van der Waals surface area (Å²) in [5.74, 6) is 2.61. The summed E-state index contributed by atoms with van der Waals surface area (Å²) in [4.78, 5) is 6.65. The number of aromatic amines is 1. The average Bonchev–Trinajstić information content (AvgIpc) is 2.86. The third-order valence-corrected chi connectivity index (χ3v) is 6.42. The predicted octanol–water partition coefficient (Wildman–Crippen LogP) is 3.93. The van der Waals surface area contributed by atoms with Crippen molar-refractivity contribution in [3.05, 3.63) is 35.5 Å². The van der Waals surface area contributed by atoms with Crippen LogP contribution in [0.5, 0.6) is 0 Å². The summed E-state index contributed by atoms with van der Waals surface area (Å²) in [5, 5.41) is 1.48. The van der Waals surface area contributed by atoms with E-state index in [1.165, 1.54) is 49.7 Å². The molecule has 4 heterocycles. The average molecular weight is 280 g/mol. The Morgan fingerprint density at radius 2 is 2.14 bits per heavy atom. The van der Waals surface area contributed by atoms with Crippen LogP contribution in [-0.4, -0.2) is 29.0 Å². The quantitative estimate of drug-likeness (QED) is 0.838. The molecule has 1 aromatic heterocycles. The molecular weight excluding hydrogens is 256 g/mol. The van der Waals surface area contributed by atoms with Crippen molar-refractivity contribution in [2.24, 2.45) is 11.8 Å². The highest BCUT2D eigenvalue weighted by atomic mass is 15.2. The van der Waals surface area contributed by atoms with Crippen LogP contribution in [0.1, 0.15) is 43.4 Å². The van der Waals surface area contributed by atoms with Crippen LogP contribution in [0.15, 0.2) is 24.3 Å². The fourth-order valence-electron chi connectivity index (χ4n) is 5.65. The Labute approximate surface area is 126 Å². The van der Waals surface area contributed by atoms with Crippen molar-refractivity contribution in [3.63, 3.8) is 0 Å². The maximum Gasteiger partial charge on any atom is 0.0459 e. The van der Waals surface area contributed by atoms with Gasteiger partial charge in [-0.15, -0.1) is 0 Å². The second kappa shape index (κ2) is 4.36. The first-order chi connectivity index (χ1) is 10.3. The van der Waals surface area contributed by atoms with Gasteiger partial charge in [0.1, 0.15) is 0 Å². The second-order valence-corrected chi connectivity index (χ2v) is 7.41. The minimum atomic E-state index is 0.757. The van der Waals surface area contributed by atoms with E-state index in [1.54, 1.807) is 11.3 Å². The van der Waals surface area contributed by atoms with Crippen molar-refractivity contribution < 1.29 is 0 Å². The van der Waals surface area contributed by atoms with Gasteiger partial charge in [-0.3, -0.25) is 4.90 Å². The topological polar surface area (TPSA) is 19.0 Å². The summed E-state index contributed by atoms with van der Waals surface area (Å²) >= 11 is 0. The van der Waals surface area contributed by atoms with Crippen LogP contribution in [0.4, 0.5) is 0 Å². The Morgan fingerprint density at radius 1 is 1.24 bits per heavy atom. The monoisotopic (exact) mass is 280 g/mol.